The number of aliphatic hydroxyl groups excluding tert-OH is 1. The fraction of sp³-hybridized carbons (Fsp3) is 1.00. The van der Waals surface area contributed by atoms with E-state index >= 15 is 0 Å². The number of β-amino-alcohol motifs (C(OH)–C–C–N with tert-alkyl or cyclic N) is 1. The second kappa shape index (κ2) is 5.69. The van der Waals surface area contributed by atoms with E-state index in [-0.39, 0.29) is 6.10 Å². The highest BCUT2D eigenvalue weighted by Crippen LogP contribution is 2.12. The summed E-state index contributed by atoms with van der Waals surface area (Å²) in [6, 6.07) is 0.687. The van der Waals surface area contributed by atoms with Gasteiger partial charge < -0.3 is 5.11 Å². The number of hydrogen-bond acceptors (Lipinski definition) is 3. The molecule has 1 aliphatic rings. The van der Waals surface area contributed by atoms with E-state index in [2.05, 4.69) is 23.6 Å². The monoisotopic (exact) mass is 200 g/mol. The summed E-state index contributed by atoms with van der Waals surface area (Å²) in [7, 11) is 0. The van der Waals surface area contributed by atoms with Crippen LogP contribution in [0.1, 0.15) is 27.2 Å². The fourth-order valence-electron chi connectivity index (χ4n) is 2.30. The second-order valence-corrected chi connectivity index (χ2v) is 4.30. The van der Waals surface area contributed by atoms with Crippen LogP contribution in [0.25, 0.3) is 0 Å². The lowest BCUT2D eigenvalue weighted by atomic mass is 10.1. The Morgan fingerprint density at radius 2 is 2.07 bits per heavy atom. The van der Waals surface area contributed by atoms with Gasteiger partial charge in [-0.2, -0.15) is 0 Å². The number of hydrogen-bond donors (Lipinski definition) is 1. The van der Waals surface area contributed by atoms with Gasteiger partial charge in [0.15, 0.2) is 0 Å². The second-order valence-electron chi connectivity index (χ2n) is 4.30. The Balaban J connectivity index is 2.40. The Labute approximate surface area is 87.7 Å². The van der Waals surface area contributed by atoms with Gasteiger partial charge in [-0.3, -0.25) is 9.80 Å². The van der Waals surface area contributed by atoms with Gasteiger partial charge in [0, 0.05) is 32.2 Å². The molecule has 1 fully saturated rings. The van der Waals surface area contributed by atoms with Crippen molar-refractivity contribution in [2.24, 2.45) is 0 Å². The van der Waals surface area contributed by atoms with Crippen LogP contribution >= 0.6 is 0 Å². The molecule has 0 spiro atoms. The number of rotatable bonds is 4. The molecule has 3 heteroatoms. The third-order valence-electron chi connectivity index (χ3n) is 3.09. The molecule has 0 aliphatic carbocycles. The van der Waals surface area contributed by atoms with Crippen LogP contribution in [0.5, 0.6) is 0 Å². The highest BCUT2D eigenvalue weighted by atomic mass is 16.3. The van der Waals surface area contributed by atoms with Gasteiger partial charge in [0.2, 0.25) is 0 Å². The fourth-order valence-corrected chi connectivity index (χ4v) is 2.30. The zero-order chi connectivity index (χ0) is 10.6. The molecule has 1 aliphatic heterocycles. The first-order valence-electron chi connectivity index (χ1n) is 5.81. The normalized spacial score (nSPS) is 27.9. The Kier molecular flexibility index (Phi) is 4.85. The molecule has 1 rings (SSSR count). The van der Waals surface area contributed by atoms with E-state index in [1.165, 1.54) is 6.42 Å². The van der Waals surface area contributed by atoms with Crippen LogP contribution in [-0.2, 0) is 0 Å². The number of aliphatic hydroxyl groups is 1. The van der Waals surface area contributed by atoms with Crippen molar-refractivity contribution in [3.8, 4) is 0 Å². The van der Waals surface area contributed by atoms with Crippen LogP contribution in [0, 0.1) is 0 Å². The molecule has 14 heavy (non-hydrogen) atoms. The molecule has 2 atom stereocenters. The Morgan fingerprint density at radius 3 is 2.57 bits per heavy atom. The number of nitrogens with zero attached hydrogens (tertiary/aromatic N) is 2. The van der Waals surface area contributed by atoms with Gasteiger partial charge >= 0.3 is 0 Å². The maximum Gasteiger partial charge on any atom is 0.0639 e. The molecule has 84 valence electrons. The molecule has 0 aromatic heterocycles. The van der Waals surface area contributed by atoms with Gasteiger partial charge in [0.05, 0.1) is 6.10 Å². The van der Waals surface area contributed by atoms with Crippen LogP contribution in [0.3, 0.4) is 0 Å². The lowest BCUT2D eigenvalue weighted by Gasteiger charge is -2.41. The molecular formula is C11H24N2O. The number of likely N-dealkylation sites (N-methyl/N-ethyl adjacent to an activating group) is 1. The maximum absolute atomic E-state index is 9.33. The molecule has 2 unspecified atom stereocenters. The zero-order valence-corrected chi connectivity index (χ0v) is 9.74. The lowest BCUT2D eigenvalue weighted by Crippen LogP contribution is -2.53. The van der Waals surface area contributed by atoms with Gasteiger partial charge in [-0.1, -0.05) is 13.8 Å². The van der Waals surface area contributed by atoms with Gasteiger partial charge in [0.25, 0.3) is 0 Å². The van der Waals surface area contributed by atoms with Crippen molar-refractivity contribution in [2.75, 3.05) is 32.7 Å². The topological polar surface area (TPSA) is 26.7 Å². The lowest BCUT2D eigenvalue weighted by molar-refractivity contribution is 0.0462. The summed E-state index contributed by atoms with van der Waals surface area (Å²) in [4.78, 5) is 4.92. The average molecular weight is 200 g/mol. The SMILES string of the molecule is CCC1CN(CC(C)O)CCN1CC. The minimum Gasteiger partial charge on any atom is -0.392 e. The van der Waals surface area contributed by atoms with Crippen molar-refractivity contribution in [1.29, 1.82) is 0 Å². The van der Waals surface area contributed by atoms with Crippen LogP contribution in [0.2, 0.25) is 0 Å². The van der Waals surface area contributed by atoms with E-state index in [0.717, 1.165) is 32.7 Å². The van der Waals surface area contributed by atoms with Crippen LogP contribution in [-0.4, -0.2) is 59.8 Å². The summed E-state index contributed by atoms with van der Waals surface area (Å²) in [5.41, 5.74) is 0. The minimum absolute atomic E-state index is 0.194. The Bertz CT molecular complexity index is 161. The van der Waals surface area contributed by atoms with E-state index in [9.17, 15) is 5.11 Å². The van der Waals surface area contributed by atoms with Crippen LogP contribution in [0.15, 0.2) is 0 Å². The Hall–Kier alpha value is -0.120. The van der Waals surface area contributed by atoms with Crippen molar-refractivity contribution in [1.82, 2.24) is 9.80 Å². The molecule has 3 nitrogen and oxygen atoms in total. The van der Waals surface area contributed by atoms with Crippen LogP contribution < -0.4 is 0 Å². The van der Waals surface area contributed by atoms with Crippen molar-refractivity contribution >= 4 is 0 Å². The van der Waals surface area contributed by atoms with Gasteiger partial charge in [0.1, 0.15) is 0 Å². The van der Waals surface area contributed by atoms with Crippen molar-refractivity contribution in [3.05, 3.63) is 0 Å². The highest BCUT2D eigenvalue weighted by molar-refractivity contribution is 4.81. The summed E-state index contributed by atoms with van der Waals surface area (Å²) >= 11 is 0. The predicted molar refractivity (Wildman–Crippen MR) is 59.4 cm³/mol. The third-order valence-corrected chi connectivity index (χ3v) is 3.09. The first-order valence-corrected chi connectivity index (χ1v) is 5.81. The molecular weight excluding hydrogens is 176 g/mol. The van der Waals surface area contributed by atoms with Gasteiger partial charge in [-0.25, -0.2) is 0 Å². The molecule has 0 saturated carbocycles. The molecule has 0 aromatic carbocycles. The van der Waals surface area contributed by atoms with E-state index in [1.807, 2.05) is 6.92 Å². The maximum atomic E-state index is 9.33. The molecule has 0 amide bonds. The summed E-state index contributed by atoms with van der Waals surface area (Å²) < 4.78 is 0. The average Bonchev–Trinajstić information content (AvgIpc) is 2.16. The smallest absolute Gasteiger partial charge is 0.0639 e. The van der Waals surface area contributed by atoms with Crippen molar-refractivity contribution in [2.45, 2.75) is 39.3 Å². The van der Waals surface area contributed by atoms with E-state index in [0.29, 0.717) is 6.04 Å². The highest BCUT2D eigenvalue weighted by Gasteiger charge is 2.24. The van der Waals surface area contributed by atoms with Crippen LogP contribution in [0.4, 0.5) is 0 Å². The summed E-state index contributed by atoms with van der Waals surface area (Å²) in [5, 5.41) is 9.33. The summed E-state index contributed by atoms with van der Waals surface area (Å²) in [6.45, 7) is 11.7. The third kappa shape index (κ3) is 3.23. The zero-order valence-electron chi connectivity index (χ0n) is 9.74. The molecule has 0 aromatic rings. The molecule has 1 N–H and O–H groups in total. The quantitative estimate of drug-likeness (QED) is 0.726. The van der Waals surface area contributed by atoms with Gasteiger partial charge in [-0.15, -0.1) is 0 Å². The van der Waals surface area contributed by atoms with E-state index in [4.69, 9.17) is 0 Å². The minimum atomic E-state index is -0.194. The number of piperazine rings is 1. The molecule has 0 radical (unpaired) electrons. The van der Waals surface area contributed by atoms with Crippen molar-refractivity contribution in [3.63, 3.8) is 0 Å². The first-order chi connectivity index (χ1) is 6.67. The molecule has 0 bridgehead atoms. The first kappa shape index (κ1) is 12.0. The summed E-state index contributed by atoms with van der Waals surface area (Å²) in [5.74, 6) is 0. The van der Waals surface area contributed by atoms with Crippen molar-refractivity contribution < 1.29 is 5.11 Å². The predicted octanol–water partition coefficient (Wildman–Crippen LogP) is 0.783. The van der Waals surface area contributed by atoms with E-state index in [1.54, 1.807) is 0 Å². The largest absolute Gasteiger partial charge is 0.392 e. The molecule has 1 heterocycles. The molecule has 1 saturated heterocycles. The summed E-state index contributed by atoms with van der Waals surface area (Å²) in [6.07, 6.45) is 1.02. The van der Waals surface area contributed by atoms with Gasteiger partial charge in [-0.05, 0) is 19.9 Å². The Morgan fingerprint density at radius 1 is 1.36 bits per heavy atom. The van der Waals surface area contributed by atoms with E-state index < -0.39 is 0 Å². The standard InChI is InChI=1S/C11H24N2O/c1-4-11-9-12(8-10(3)14)6-7-13(11)5-2/h10-11,14H,4-9H2,1-3H3.